The van der Waals surface area contributed by atoms with Crippen molar-refractivity contribution in [1.82, 2.24) is 0 Å². The predicted molar refractivity (Wildman–Crippen MR) is 78.0 cm³/mol. The van der Waals surface area contributed by atoms with Crippen LogP contribution in [0.15, 0.2) is 28.9 Å². The Kier molecular flexibility index (Phi) is 4.13. The summed E-state index contributed by atoms with van der Waals surface area (Å²) in [4.78, 5) is 11.3. The Morgan fingerprint density at radius 1 is 1.20 bits per heavy atom. The van der Waals surface area contributed by atoms with Crippen LogP contribution in [0.4, 0.5) is 5.69 Å². The van der Waals surface area contributed by atoms with Crippen molar-refractivity contribution in [2.75, 3.05) is 12.4 Å². The predicted octanol–water partition coefficient (Wildman–Crippen LogP) is 3.60. The normalized spacial score (nSPS) is 10.4. The quantitative estimate of drug-likeness (QED) is 0.865. The second-order valence-electron chi connectivity index (χ2n) is 4.92. The van der Waals surface area contributed by atoms with E-state index in [1.54, 1.807) is 6.07 Å². The minimum absolute atomic E-state index is 0.386. The molecule has 1 heterocycles. The first-order valence-corrected chi connectivity index (χ1v) is 6.48. The third kappa shape index (κ3) is 3.02. The first kappa shape index (κ1) is 14.2. The lowest BCUT2D eigenvalue weighted by molar-refractivity contribution is 0.0600. The lowest BCUT2D eigenvalue weighted by Gasteiger charge is -2.12. The molecule has 1 aromatic carbocycles. The van der Waals surface area contributed by atoms with Gasteiger partial charge in [0.15, 0.2) is 0 Å². The fraction of sp³-hybridized carbons (Fsp3) is 0.312. The van der Waals surface area contributed by atoms with E-state index in [9.17, 15) is 4.79 Å². The van der Waals surface area contributed by atoms with Gasteiger partial charge in [0.05, 0.1) is 19.2 Å². The summed E-state index contributed by atoms with van der Waals surface area (Å²) in [6, 6.07) is 5.96. The number of rotatable bonds is 4. The third-order valence-electron chi connectivity index (χ3n) is 3.19. The van der Waals surface area contributed by atoms with Crippen molar-refractivity contribution in [3.63, 3.8) is 0 Å². The molecular weight excluding hydrogens is 254 g/mol. The van der Waals surface area contributed by atoms with Crippen LogP contribution in [0.25, 0.3) is 0 Å². The van der Waals surface area contributed by atoms with E-state index < -0.39 is 0 Å². The van der Waals surface area contributed by atoms with Crippen molar-refractivity contribution < 1.29 is 13.9 Å². The molecule has 0 saturated carbocycles. The van der Waals surface area contributed by atoms with Crippen molar-refractivity contribution in [2.24, 2.45) is 0 Å². The summed E-state index contributed by atoms with van der Waals surface area (Å²) < 4.78 is 9.99. The molecule has 1 aromatic heterocycles. The van der Waals surface area contributed by atoms with E-state index in [0.717, 1.165) is 5.69 Å². The van der Waals surface area contributed by atoms with Crippen LogP contribution < -0.4 is 5.32 Å². The summed E-state index contributed by atoms with van der Waals surface area (Å²) in [5, 5.41) is 3.35. The van der Waals surface area contributed by atoms with Gasteiger partial charge in [-0.25, -0.2) is 4.79 Å². The molecule has 0 fully saturated rings. The maximum atomic E-state index is 11.3. The maximum absolute atomic E-state index is 11.3. The molecule has 106 valence electrons. The zero-order valence-corrected chi connectivity index (χ0v) is 12.2. The van der Waals surface area contributed by atoms with Gasteiger partial charge in [-0.05, 0) is 38.0 Å². The van der Waals surface area contributed by atoms with E-state index in [2.05, 4.69) is 43.0 Å². The van der Waals surface area contributed by atoms with Gasteiger partial charge in [0.2, 0.25) is 0 Å². The summed E-state index contributed by atoms with van der Waals surface area (Å²) in [6.45, 7) is 6.76. The number of hydrogen-bond acceptors (Lipinski definition) is 4. The lowest BCUT2D eigenvalue weighted by atomic mass is 10.1. The van der Waals surface area contributed by atoms with Gasteiger partial charge in [-0.3, -0.25) is 0 Å². The van der Waals surface area contributed by atoms with Gasteiger partial charge in [-0.1, -0.05) is 17.7 Å². The Labute approximate surface area is 118 Å². The van der Waals surface area contributed by atoms with Crippen LogP contribution >= 0.6 is 0 Å². The van der Waals surface area contributed by atoms with Gasteiger partial charge < -0.3 is 14.5 Å². The molecule has 0 bridgehead atoms. The number of nitrogens with one attached hydrogen (secondary N) is 1. The van der Waals surface area contributed by atoms with Crippen LogP contribution in [-0.4, -0.2) is 13.1 Å². The van der Waals surface area contributed by atoms with E-state index in [1.165, 1.54) is 30.1 Å². The maximum Gasteiger partial charge on any atom is 0.341 e. The number of anilines is 1. The zero-order valence-electron chi connectivity index (χ0n) is 12.2. The molecule has 0 atom stereocenters. The van der Waals surface area contributed by atoms with E-state index >= 15 is 0 Å². The smallest absolute Gasteiger partial charge is 0.341 e. The summed E-state index contributed by atoms with van der Waals surface area (Å²) in [5.74, 6) is 0.312. The molecule has 0 aliphatic carbocycles. The van der Waals surface area contributed by atoms with Gasteiger partial charge in [-0.15, -0.1) is 0 Å². The number of aryl methyl sites for hydroxylation is 3. The molecule has 0 radical (unpaired) electrons. The summed E-state index contributed by atoms with van der Waals surface area (Å²) >= 11 is 0. The standard InChI is InChI=1S/C16H19NO3/c1-10-5-11(2)15(12(3)6-10)17-8-14-7-13(9-20-14)16(18)19-4/h5-7,9,17H,8H2,1-4H3. The van der Waals surface area contributed by atoms with Crippen LogP contribution in [0.5, 0.6) is 0 Å². The minimum Gasteiger partial charge on any atom is -0.467 e. The number of benzene rings is 1. The Morgan fingerprint density at radius 2 is 1.85 bits per heavy atom. The molecule has 20 heavy (non-hydrogen) atoms. The van der Waals surface area contributed by atoms with Gasteiger partial charge in [0.1, 0.15) is 12.0 Å². The highest BCUT2D eigenvalue weighted by atomic mass is 16.5. The van der Waals surface area contributed by atoms with Gasteiger partial charge >= 0.3 is 5.97 Å². The van der Waals surface area contributed by atoms with Crippen molar-refractivity contribution >= 4 is 11.7 Å². The van der Waals surface area contributed by atoms with Crippen LogP contribution in [0.2, 0.25) is 0 Å². The average Bonchev–Trinajstić information content (AvgIpc) is 2.85. The molecule has 2 aromatic rings. The fourth-order valence-corrected chi connectivity index (χ4v) is 2.33. The number of hydrogen-bond donors (Lipinski definition) is 1. The van der Waals surface area contributed by atoms with Gasteiger partial charge in [-0.2, -0.15) is 0 Å². The van der Waals surface area contributed by atoms with E-state index in [-0.39, 0.29) is 5.97 Å². The minimum atomic E-state index is -0.386. The molecule has 0 saturated heterocycles. The van der Waals surface area contributed by atoms with E-state index in [0.29, 0.717) is 17.9 Å². The molecule has 0 aliphatic rings. The lowest BCUT2D eigenvalue weighted by Crippen LogP contribution is -2.03. The van der Waals surface area contributed by atoms with Gasteiger partial charge in [0, 0.05) is 5.69 Å². The highest BCUT2D eigenvalue weighted by Crippen LogP contribution is 2.23. The molecule has 0 aliphatic heterocycles. The summed E-state index contributed by atoms with van der Waals surface area (Å²) in [6.07, 6.45) is 1.41. The molecule has 0 spiro atoms. The van der Waals surface area contributed by atoms with Crippen LogP contribution in [-0.2, 0) is 11.3 Å². The molecule has 1 N–H and O–H groups in total. The monoisotopic (exact) mass is 273 g/mol. The van der Waals surface area contributed by atoms with Crippen LogP contribution in [0.1, 0.15) is 32.8 Å². The summed E-state index contributed by atoms with van der Waals surface area (Å²) in [5.41, 5.74) is 5.18. The van der Waals surface area contributed by atoms with E-state index in [1.807, 2.05) is 0 Å². The van der Waals surface area contributed by atoms with Crippen molar-refractivity contribution in [3.8, 4) is 0 Å². The molecular formula is C16H19NO3. The topological polar surface area (TPSA) is 51.5 Å². The third-order valence-corrected chi connectivity index (χ3v) is 3.19. The van der Waals surface area contributed by atoms with Crippen molar-refractivity contribution in [3.05, 3.63) is 52.5 Å². The number of furan rings is 1. The molecule has 0 amide bonds. The largest absolute Gasteiger partial charge is 0.467 e. The number of carbonyl (C=O) groups excluding carboxylic acids is 1. The van der Waals surface area contributed by atoms with Crippen molar-refractivity contribution in [2.45, 2.75) is 27.3 Å². The Bertz CT molecular complexity index is 605. The molecule has 2 rings (SSSR count). The number of methoxy groups -OCH3 is 1. The zero-order chi connectivity index (χ0) is 14.7. The first-order chi connectivity index (χ1) is 9.51. The second-order valence-corrected chi connectivity index (χ2v) is 4.92. The highest BCUT2D eigenvalue weighted by molar-refractivity contribution is 5.89. The van der Waals surface area contributed by atoms with Crippen LogP contribution in [0.3, 0.4) is 0 Å². The second kappa shape index (κ2) is 5.82. The number of ether oxygens (including phenoxy) is 1. The molecule has 0 unspecified atom stereocenters. The van der Waals surface area contributed by atoms with Gasteiger partial charge in [0.25, 0.3) is 0 Å². The first-order valence-electron chi connectivity index (χ1n) is 6.48. The Morgan fingerprint density at radius 3 is 2.45 bits per heavy atom. The van der Waals surface area contributed by atoms with E-state index in [4.69, 9.17) is 4.42 Å². The summed E-state index contributed by atoms with van der Waals surface area (Å²) in [7, 11) is 1.35. The Hall–Kier alpha value is -2.23. The molecule has 4 nitrogen and oxygen atoms in total. The fourth-order valence-electron chi connectivity index (χ4n) is 2.33. The number of esters is 1. The average molecular weight is 273 g/mol. The SMILES string of the molecule is COC(=O)c1coc(CNc2c(C)cc(C)cc2C)c1. The Balaban J connectivity index is 2.09. The van der Waals surface area contributed by atoms with Crippen molar-refractivity contribution in [1.29, 1.82) is 0 Å². The highest BCUT2D eigenvalue weighted by Gasteiger charge is 2.10. The van der Waals surface area contributed by atoms with Crippen LogP contribution in [0, 0.1) is 20.8 Å². The molecule has 4 heteroatoms. The number of carbonyl (C=O) groups is 1.